The van der Waals surface area contributed by atoms with Gasteiger partial charge in [-0.05, 0) is 88.3 Å². The van der Waals surface area contributed by atoms with Crippen molar-refractivity contribution in [1.82, 2.24) is 10.2 Å². The number of nitrogens with zero attached hydrogens (tertiary/aromatic N) is 3. The number of hydrogen-bond donors (Lipinski definition) is 2. The first-order chi connectivity index (χ1) is 18.0. The van der Waals surface area contributed by atoms with Gasteiger partial charge in [0.25, 0.3) is 5.91 Å². The predicted octanol–water partition coefficient (Wildman–Crippen LogP) is 4.69. The third-order valence-electron chi connectivity index (χ3n) is 6.53. The average molecular weight is 520 g/mol. The number of primary amides is 1. The highest BCUT2D eigenvalue weighted by Gasteiger charge is 2.26. The van der Waals surface area contributed by atoms with Crippen LogP contribution in [0.2, 0.25) is 0 Å². The van der Waals surface area contributed by atoms with Crippen LogP contribution in [-0.4, -0.2) is 54.7 Å². The van der Waals surface area contributed by atoms with Crippen molar-refractivity contribution in [2.45, 2.75) is 58.5 Å². The van der Waals surface area contributed by atoms with Crippen LogP contribution in [0.3, 0.4) is 0 Å². The number of anilines is 1. The fraction of sp³-hybridized carbons (Fsp3) is 0.448. The minimum Gasteiger partial charge on any atom is -0.444 e. The maximum Gasteiger partial charge on any atom is 0.407 e. The first kappa shape index (κ1) is 28.5. The minimum atomic E-state index is -0.627. The lowest BCUT2D eigenvalue weighted by Crippen LogP contribution is -2.40. The molecular weight excluding hydrogens is 482 g/mol. The smallest absolute Gasteiger partial charge is 0.407 e. The normalized spacial score (nSPS) is 13.9. The summed E-state index contributed by atoms with van der Waals surface area (Å²) in [5.74, 6) is 0.264. The molecule has 0 aliphatic carbocycles. The molecule has 1 aliphatic rings. The fourth-order valence-electron chi connectivity index (χ4n) is 4.55. The molecule has 0 bridgehead atoms. The molecule has 38 heavy (non-hydrogen) atoms. The monoisotopic (exact) mass is 519 g/mol. The van der Waals surface area contributed by atoms with E-state index in [1.54, 1.807) is 32.9 Å². The highest BCUT2D eigenvalue weighted by Crippen LogP contribution is 2.30. The Morgan fingerprint density at radius 2 is 1.79 bits per heavy atom. The molecular formula is C29H37N5O4. The molecule has 9 heteroatoms. The van der Waals surface area contributed by atoms with Gasteiger partial charge in [0.2, 0.25) is 0 Å². The first-order valence-corrected chi connectivity index (χ1v) is 12.9. The van der Waals surface area contributed by atoms with Crippen molar-refractivity contribution in [3.8, 4) is 6.07 Å². The summed E-state index contributed by atoms with van der Waals surface area (Å²) in [7, 11) is 0. The van der Waals surface area contributed by atoms with Crippen LogP contribution < -0.4 is 16.0 Å². The standard InChI is InChI=1S/C29H37N5O4/c1-20-6-9-24(18-25(20)34(27(31)36)15-5-14-32-28(37)38-29(2,3)4)26(35)33-16-12-23(13-17-33)22-10-7-21(19-30)8-11-22/h6-11,18,23H,5,12-17H2,1-4H3,(H2,31,36)(H,32,37). The second-order valence-electron chi connectivity index (χ2n) is 10.6. The molecule has 4 amide bonds. The number of benzene rings is 2. The summed E-state index contributed by atoms with van der Waals surface area (Å²) >= 11 is 0. The number of nitrogens with one attached hydrogen (secondary N) is 1. The fourth-order valence-corrected chi connectivity index (χ4v) is 4.55. The van der Waals surface area contributed by atoms with Crippen molar-refractivity contribution in [1.29, 1.82) is 5.26 Å². The lowest BCUT2D eigenvalue weighted by atomic mass is 9.89. The molecule has 2 aromatic rings. The maximum atomic E-state index is 13.3. The summed E-state index contributed by atoms with van der Waals surface area (Å²) < 4.78 is 5.23. The van der Waals surface area contributed by atoms with Crippen LogP contribution in [0.25, 0.3) is 0 Å². The predicted molar refractivity (Wildman–Crippen MR) is 146 cm³/mol. The zero-order chi connectivity index (χ0) is 27.9. The molecule has 0 atom stereocenters. The largest absolute Gasteiger partial charge is 0.444 e. The molecule has 1 heterocycles. The van der Waals surface area contributed by atoms with Crippen LogP contribution in [0.4, 0.5) is 15.3 Å². The summed E-state index contributed by atoms with van der Waals surface area (Å²) in [6.07, 6.45) is 1.63. The number of carbonyl (C=O) groups is 3. The van der Waals surface area contributed by atoms with E-state index in [1.807, 2.05) is 42.2 Å². The lowest BCUT2D eigenvalue weighted by molar-refractivity contribution is 0.0527. The summed E-state index contributed by atoms with van der Waals surface area (Å²) in [5.41, 5.74) is 8.82. The molecule has 0 aromatic heterocycles. The Kier molecular flexibility index (Phi) is 9.35. The highest BCUT2D eigenvalue weighted by molar-refractivity contribution is 5.98. The second-order valence-corrected chi connectivity index (χ2v) is 10.6. The van der Waals surface area contributed by atoms with E-state index in [4.69, 9.17) is 15.7 Å². The van der Waals surface area contributed by atoms with Crippen molar-refractivity contribution in [3.63, 3.8) is 0 Å². The number of piperidine rings is 1. The minimum absolute atomic E-state index is 0.0828. The molecule has 1 fully saturated rings. The SMILES string of the molecule is Cc1ccc(C(=O)N2CCC(c3ccc(C#N)cc3)CC2)cc1N(CCCNC(=O)OC(C)(C)C)C(N)=O. The van der Waals surface area contributed by atoms with Crippen molar-refractivity contribution in [3.05, 3.63) is 64.7 Å². The molecule has 0 unspecified atom stereocenters. The molecule has 0 saturated carbocycles. The Morgan fingerprint density at radius 3 is 2.37 bits per heavy atom. The van der Waals surface area contributed by atoms with E-state index in [1.165, 1.54) is 10.5 Å². The van der Waals surface area contributed by atoms with Crippen molar-refractivity contribution < 1.29 is 19.1 Å². The highest BCUT2D eigenvalue weighted by atomic mass is 16.6. The van der Waals surface area contributed by atoms with Gasteiger partial charge in [0.05, 0.1) is 11.6 Å². The Bertz CT molecular complexity index is 1190. The Balaban J connectivity index is 1.61. The van der Waals surface area contributed by atoms with E-state index in [9.17, 15) is 14.4 Å². The molecule has 1 saturated heterocycles. The van der Waals surface area contributed by atoms with Gasteiger partial charge in [-0.1, -0.05) is 18.2 Å². The number of amides is 4. The van der Waals surface area contributed by atoms with Gasteiger partial charge in [0, 0.05) is 37.4 Å². The maximum absolute atomic E-state index is 13.3. The van der Waals surface area contributed by atoms with Crippen molar-refractivity contribution in [2.24, 2.45) is 5.73 Å². The number of carbonyl (C=O) groups excluding carboxylic acids is 3. The van der Waals surface area contributed by atoms with Crippen LogP contribution >= 0.6 is 0 Å². The van der Waals surface area contributed by atoms with E-state index in [2.05, 4.69) is 11.4 Å². The first-order valence-electron chi connectivity index (χ1n) is 12.9. The third-order valence-corrected chi connectivity index (χ3v) is 6.53. The Morgan fingerprint density at radius 1 is 1.13 bits per heavy atom. The zero-order valence-corrected chi connectivity index (χ0v) is 22.6. The number of aryl methyl sites for hydroxylation is 1. The van der Waals surface area contributed by atoms with Crippen LogP contribution in [0.15, 0.2) is 42.5 Å². The van der Waals surface area contributed by atoms with Gasteiger partial charge in [-0.15, -0.1) is 0 Å². The average Bonchev–Trinajstić information content (AvgIpc) is 2.88. The van der Waals surface area contributed by atoms with E-state index in [0.29, 0.717) is 48.8 Å². The summed E-state index contributed by atoms with van der Waals surface area (Å²) in [4.78, 5) is 40.7. The summed E-state index contributed by atoms with van der Waals surface area (Å²) in [6.45, 7) is 9.07. The van der Waals surface area contributed by atoms with Crippen LogP contribution in [0, 0.1) is 18.3 Å². The van der Waals surface area contributed by atoms with Gasteiger partial charge in [-0.25, -0.2) is 9.59 Å². The molecule has 2 aromatic carbocycles. The van der Waals surface area contributed by atoms with E-state index >= 15 is 0 Å². The van der Waals surface area contributed by atoms with Crippen LogP contribution in [0.5, 0.6) is 0 Å². The number of nitrogens with two attached hydrogens (primary N) is 1. The van der Waals surface area contributed by atoms with Crippen molar-refractivity contribution in [2.75, 3.05) is 31.1 Å². The van der Waals surface area contributed by atoms with E-state index < -0.39 is 17.7 Å². The van der Waals surface area contributed by atoms with E-state index in [0.717, 1.165) is 18.4 Å². The number of nitriles is 1. The van der Waals surface area contributed by atoms with Gasteiger partial charge in [-0.3, -0.25) is 9.69 Å². The topological polar surface area (TPSA) is 129 Å². The zero-order valence-electron chi connectivity index (χ0n) is 22.6. The Hall–Kier alpha value is -4.06. The van der Waals surface area contributed by atoms with Gasteiger partial charge >= 0.3 is 12.1 Å². The second kappa shape index (κ2) is 12.5. The van der Waals surface area contributed by atoms with Crippen LogP contribution in [0.1, 0.15) is 73.0 Å². The molecule has 0 spiro atoms. The van der Waals surface area contributed by atoms with Gasteiger partial charge in [0.1, 0.15) is 5.60 Å². The lowest BCUT2D eigenvalue weighted by Gasteiger charge is -2.32. The number of ether oxygens (including phenoxy) is 1. The number of urea groups is 1. The summed E-state index contributed by atoms with van der Waals surface area (Å²) in [6, 6.07) is 14.5. The quantitative estimate of drug-likeness (QED) is 0.513. The van der Waals surface area contributed by atoms with Crippen molar-refractivity contribution >= 4 is 23.7 Å². The number of alkyl carbamates (subject to hydrolysis) is 1. The molecule has 1 aliphatic heterocycles. The van der Waals surface area contributed by atoms with Gasteiger partial charge in [-0.2, -0.15) is 5.26 Å². The molecule has 3 rings (SSSR count). The third kappa shape index (κ3) is 7.72. The molecule has 3 N–H and O–H groups in total. The van der Waals surface area contributed by atoms with Gasteiger partial charge in [0.15, 0.2) is 0 Å². The summed E-state index contributed by atoms with van der Waals surface area (Å²) in [5, 5.41) is 11.7. The van der Waals surface area contributed by atoms with Gasteiger partial charge < -0.3 is 20.7 Å². The Labute approximate surface area is 224 Å². The molecule has 202 valence electrons. The van der Waals surface area contributed by atoms with Crippen LogP contribution in [-0.2, 0) is 4.74 Å². The number of hydrogen-bond acceptors (Lipinski definition) is 5. The number of rotatable bonds is 7. The number of likely N-dealkylation sites (tertiary alicyclic amines) is 1. The molecule has 9 nitrogen and oxygen atoms in total. The molecule has 0 radical (unpaired) electrons. The van der Waals surface area contributed by atoms with E-state index in [-0.39, 0.29) is 12.5 Å².